The monoisotopic (exact) mass is 619 g/mol. The predicted molar refractivity (Wildman–Crippen MR) is 179 cm³/mol. The fourth-order valence-electron chi connectivity index (χ4n) is 7.81. The van der Waals surface area contributed by atoms with Crippen molar-refractivity contribution in [1.29, 1.82) is 0 Å². The van der Waals surface area contributed by atoms with Crippen molar-refractivity contribution in [3.63, 3.8) is 0 Å². The lowest BCUT2D eigenvalue weighted by Crippen LogP contribution is -2.52. The number of aromatic nitrogens is 1. The number of hydrogen-bond donors (Lipinski definition) is 1. The highest BCUT2D eigenvalue weighted by molar-refractivity contribution is 6.05. The Bertz CT molecular complexity index is 1590. The predicted octanol–water partition coefficient (Wildman–Crippen LogP) is 5.73. The molecule has 3 saturated heterocycles. The summed E-state index contributed by atoms with van der Waals surface area (Å²) in [5.74, 6) is 0.810. The van der Waals surface area contributed by atoms with E-state index in [0.29, 0.717) is 36.3 Å². The zero-order chi connectivity index (χ0) is 31.8. The lowest BCUT2D eigenvalue weighted by atomic mass is 9.87. The molecule has 3 aromatic rings. The van der Waals surface area contributed by atoms with Crippen LogP contribution in [0.4, 0.5) is 5.69 Å². The zero-order valence-corrected chi connectivity index (χ0v) is 27.1. The number of nitrogens with one attached hydrogen (secondary N) is 1. The number of imide groups is 1. The number of piperidine rings is 3. The van der Waals surface area contributed by atoms with E-state index >= 15 is 0 Å². The summed E-state index contributed by atoms with van der Waals surface area (Å²) in [6, 6.07) is 19.3. The molecule has 0 aliphatic carbocycles. The van der Waals surface area contributed by atoms with Gasteiger partial charge in [0.05, 0.1) is 0 Å². The smallest absolute Gasteiger partial charge is 0.255 e. The van der Waals surface area contributed by atoms with Gasteiger partial charge in [-0.1, -0.05) is 44.2 Å². The van der Waals surface area contributed by atoms with Gasteiger partial charge in [-0.25, -0.2) is 0 Å². The molecule has 5 heterocycles. The third-order valence-corrected chi connectivity index (χ3v) is 10.7. The minimum Gasteiger partial charge on any atom is -0.371 e. The molecule has 46 heavy (non-hydrogen) atoms. The summed E-state index contributed by atoms with van der Waals surface area (Å²) in [5, 5.41) is 2.39. The summed E-state index contributed by atoms with van der Waals surface area (Å²) in [7, 11) is 0. The number of carbonyl (C=O) groups excluding carboxylic acids is 3. The van der Waals surface area contributed by atoms with Gasteiger partial charge in [0.25, 0.3) is 5.91 Å². The second kappa shape index (κ2) is 13.0. The van der Waals surface area contributed by atoms with Crippen LogP contribution in [-0.4, -0.2) is 64.7 Å². The maximum atomic E-state index is 13.1. The topological polar surface area (TPSA) is 85.9 Å². The number of carbonyl (C=O) groups is 3. The molecule has 1 atom stereocenters. The summed E-state index contributed by atoms with van der Waals surface area (Å²) in [4.78, 5) is 48.5. The molecule has 4 aliphatic rings. The molecule has 1 unspecified atom stereocenters. The minimum atomic E-state index is -0.568. The van der Waals surface area contributed by atoms with Crippen LogP contribution >= 0.6 is 0 Å². The van der Waals surface area contributed by atoms with Crippen LogP contribution in [0.15, 0.2) is 60.8 Å². The van der Waals surface area contributed by atoms with Crippen molar-refractivity contribution < 1.29 is 14.4 Å². The number of rotatable bonds is 7. The van der Waals surface area contributed by atoms with Crippen LogP contribution in [0.25, 0.3) is 0 Å². The minimum absolute atomic E-state index is 0.105. The molecular formula is C38H45N5O3. The van der Waals surface area contributed by atoms with Crippen molar-refractivity contribution in [2.45, 2.75) is 89.3 Å². The van der Waals surface area contributed by atoms with Gasteiger partial charge in [-0.05, 0) is 109 Å². The quantitative estimate of drug-likeness (QED) is 0.340. The molecule has 4 aliphatic heterocycles. The maximum Gasteiger partial charge on any atom is 0.255 e. The molecule has 8 heteroatoms. The molecule has 1 aromatic heterocycles. The number of fused-ring (bicyclic) bond motifs is 1. The molecule has 7 rings (SSSR count). The summed E-state index contributed by atoms with van der Waals surface area (Å²) in [5.41, 5.74) is 8.20. The lowest BCUT2D eigenvalue weighted by molar-refractivity contribution is -0.136. The first-order valence-corrected chi connectivity index (χ1v) is 17.1. The number of amides is 3. The standard InChI is InChI=1S/C38H45N5O3/c1-25(2)34-10-6-30(22-39-34)28-15-19-42(20-16-28)32-7-3-26(4-8-32)23-41-17-13-27(14-18-41)29-5-9-33-31(21-29)24-43(38(33)46)35-11-12-36(44)40-37(35)45/h3-10,21-22,25,27-28,35H,11-20,23-24H2,1-2H3,(H,40,44,45). The van der Waals surface area contributed by atoms with E-state index in [-0.39, 0.29) is 24.1 Å². The van der Waals surface area contributed by atoms with E-state index in [2.05, 4.69) is 83.7 Å². The van der Waals surface area contributed by atoms with E-state index in [4.69, 9.17) is 4.98 Å². The van der Waals surface area contributed by atoms with Gasteiger partial charge < -0.3 is 9.80 Å². The van der Waals surface area contributed by atoms with E-state index in [1.54, 1.807) is 4.90 Å². The highest BCUT2D eigenvalue weighted by atomic mass is 16.2. The van der Waals surface area contributed by atoms with E-state index in [9.17, 15) is 14.4 Å². The molecule has 240 valence electrons. The van der Waals surface area contributed by atoms with Crippen molar-refractivity contribution in [2.75, 3.05) is 31.1 Å². The average molecular weight is 620 g/mol. The van der Waals surface area contributed by atoms with Gasteiger partial charge in [0.15, 0.2) is 0 Å². The first-order valence-electron chi connectivity index (χ1n) is 17.1. The van der Waals surface area contributed by atoms with Crippen molar-refractivity contribution in [3.8, 4) is 0 Å². The van der Waals surface area contributed by atoms with E-state index in [1.807, 2.05) is 6.07 Å². The SMILES string of the molecule is CC(C)c1ccc(C2CCN(c3ccc(CN4CCC(c5ccc6c(c5)CN(C5CCC(=O)NC5=O)C6=O)CC4)cc3)CC2)cn1. The zero-order valence-electron chi connectivity index (χ0n) is 27.1. The van der Waals surface area contributed by atoms with Crippen LogP contribution in [0, 0.1) is 0 Å². The number of nitrogens with zero attached hydrogens (tertiary/aromatic N) is 4. The molecule has 8 nitrogen and oxygen atoms in total. The Morgan fingerprint density at radius 1 is 0.826 bits per heavy atom. The van der Waals surface area contributed by atoms with Crippen LogP contribution in [0.1, 0.15) is 108 Å². The Morgan fingerprint density at radius 3 is 2.20 bits per heavy atom. The molecule has 3 amide bonds. The van der Waals surface area contributed by atoms with Crippen molar-refractivity contribution in [3.05, 3.63) is 94.3 Å². The van der Waals surface area contributed by atoms with Gasteiger partial charge in [-0.3, -0.25) is 29.6 Å². The third-order valence-electron chi connectivity index (χ3n) is 10.7. The van der Waals surface area contributed by atoms with E-state index in [0.717, 1.165) is 64.0 Å². The van der Waals surface area contributed by atoms with Crippen molar-refractivity contribution >= 4 is 23.4 Å². The highest BCUT2D eigenvalue weighted by Gasteiger charge is 2.39. The summed E-state index contributed by atoms with van der Waals surface area (Å²) in [6.45, 7) is 10.0. The molecule has 2 aromatic carbocycles. The van der Waals surface area contributed by atoms with Crippen LogP contribution in [0.5, 0.6) is 0 Å². The van der Waals surface area contributed by atoms with Crippen molar-refractivity contribution in [1.82, 2.24) is 20.1 Å². The van der Waals surface area contributed by atoms with Gasteiger partial charge in [-0.15, -0.1) is 0 Å². The highest BCUT2D eigenvalue weighted by Crippen LogP contribution is 2.35. The van der Waals surface area contributed by atoms with Gasteiger partial charge in [0.1, 0.15) is 6.04 Å². The van der Waals surface area contributed by atoms with Crippen LogP contribution in [-0.2, 0) is 22.7 Å². The maximum absolute atomic E-state index is 13.1. The molecule has 1 N–H and O–H groups in total. The molecule has 0 bridgehead atoms. The number of benzene rings is 2. The largest absolute Gasteiger partial charge is 0.371 e. The van der Waals surface area contributed by atoms with Gasteiger partial charge in [0, 0.05) is 55.7 Å². The Morgan fingerprint density at radius 2 is 1.52 bits per heavy atom. The van der Waals surface area contributed by atoms with Gasteiger partial charge in [0.2, 0.25) is 11.8 Å². The van der Waals surface area contributed by atoms with Crippen LogP contribution in [0.2, 0.25) is 0 Å². The van der Waals surface area contributed by atoms with Crippen LogP contribution < -0.4 is 10.2 Å². The number of hydrogen-bond acceptors (Lipinski definition) is 6. The van der Waals surface area contributed by atoms with E-state index < -0.39 is 6.04 Å². The molecule has 0 saturated carbocycles. The Kier molecular flexibility index (Phi) is 8.64. The van der Waals surface area contributed by atoms with E-state index in [1.165, 1.54) is 28.1 Å². The Hall–Kier alpha value is -4.04. The van der Waals surface area contributed by atoms with Crippen LogP contribution in [0.3, 0.4) is 0 Å². The molecule has 0 spiro atoms. The van der Waals surface area contributed by atoms with Crippen molar-refractivity contribution in [2.24, 2.45) is 0 Å². The Balaban J connectivity index is 0.887. The summed E-state index contributed by atoms with van der Waals surface area (Å²) < 4.78 is 0. The lowest BCUT2D eigenvalue weighted by Gasteiger charge is -2.34. The van der Waals surface area contributed by atoms with Gasteiger partial charge in [-0.2, -0.15) is 0 Å². The second-order valence-electron chi connectivity index (χ2n) is 14.0. The number of pyridine rings is 1. The number of anilines is 1. The second-order valence-corrected chi connectivity index (χ2v) is 14.0. The number of likely N-dealkylation sites (tertiary alicyclic amines) is 1. The normalized spacial score (nSPS) is 21.6. The molecular weight excluding hydrogens is 574 g/mol. The molecule has 0 radical (unpaired) electrons. The first kappa shape index (κ1) is 30.6. The summed E-state index contributed by atoms with van der Waals surface area (Å²) >= 11 is 0. The van der Waals surface area contributed by atoms with Gasteiger partial charge >= 0.3 is 0 Å². The molecule has 3 fully saturated rings. The Labute approximate surface area is 272 Å². The fourth-order valence-corrected chi connectivity index (χ4v) is 7.81. The third kappa shape index (κ3) is 6.32. The summed E-state index contributed by atoms with van der Waals surface area (Å²) in [6.07, 6.45) is 7.27. The first-order chi connectivity index (χ1) is 22.3. The average Bonchev–Trinajstić information content (AvgIpc) is 3.40. The fraction of sp³-hybridized carbons (Fsp3) is 0.474.